The molecule has 1 aromatic heterocycles. The zero-order chi connectivity index (χ0) is 20.4. The SMILES string of the molecule is CCN=C1S/C(=C\c2ccc(-c3ccc([N+](=O)[O-])c(C)c3C)o2)C(=O)N1CC. The van der Waals surface area contributed by atoms with Gasteiger partial charge in [-0.1, -0.05) is 0 Å². The van der Waals surface area contributed by atoms with Crippen LogP contribution in [0.15, 0.2) is 38.6 Å². The molecule has 0 radical (unpaired) electrons. The summed E-state index contributed by atoms with van der Waals surface area (Å²) in [5, 5.41) is 11.8. The molecule has 2 heterocycles. The number of likely N-dealkylation sites (N-methyl/N-ethyl adjacent to an activating group) is 1. The molecule has 1 aliphatic heterocycles. The number of hydrogen-bond acceptors (Lipinski definition) is 6. The molecule has 28 heavy (non-hydrogen) atoms. The highest BCUT2D eigenvalue weighted by Crippen LogP contribution is 2.35. The van der Waals surface area contributed by atoms with Crippen LogP contribution in [0.25, 0.3) is 17.4 Å². The smallest absolute Gasteiger partial charge is 0.272 e. The van der Waals surface area contributed by atoms with Crippen LogP contribution in [-0.4, -0.2) is 34.0 Å². The van der Waals surface area contributed by atoms with Crippen LogP contribution in [-0.2, 0) is 4.79 Å². The van der Waals surface area contributed by atoms with Gasteiger partial charge in [-0.3, -0.25) is 24.8 Å². The van der Waals surface area contributed by atoms with E-state index in [4.69, 9.17) is 4.42 Å². The van der Waals surface area contributed by atoms with Gasteiger partial charge in [-0.25, -0.2) is 0 Å². The maximum Gasteiger partial charge on any atom is 0.272 e. The van der Waals surface area contributed by atoms with Crippen molar-refractivity contribution < 1.29 is 14.1 Å². The molecule has 3 rings (SSSR count). The highest BCUT2D eigenvalue weighted by Gasteiger charge is 2.32. The molecular formula is C20H21N3O4S. The summed E-state index contributed by atoms with van der Waals surface area (Å²) in [6, 6.07) is 6.78. The minimum Gasteiger partial charge on any atom is -0.457 e. The van der Waals surface area contributed by atoms with E-state index in [1.807, 2.05) is 26.8 Å². The monoisotopic (exact) mass is 399 g/mol. The molecule has 7 nitrogen and oxygen atoms in total. The van der Waals surface area contributed by atoms with Crippen molar-refractivity contribution in [2.45, 2.75) is 27.7 Å². The standard InChI is InChI=1S/C20H21N3O4S/c1-5-21-20-22(6-2)19(24)18(28-20)11-14-7-10-17(27-14)15-8-9-16(23(25)26)13(4)12(15)3/h7-11H,5-6H2,1-4H3/b18-11-,21-20?. The zero-order valence-corrected chi connectivity index (χ0v) is 17.0. The largest absolute Gasteiger partial charge is 0.457 e. The summed E-state index contributed by atoms with van der Waals surface area (Å²) < 4.78 is 5.91. The van der Waals surface area contributed by atoms with Gasteiger partial charge in [0, 0.05) is 36.4 Å². The summed E-state index contributed by atoms with van der Waals surface area (Å²) in [6.45, 7) is 8.58. The average Bonchev–Trinajstić information content (AvgIpc) is 3.22. The van der Waals surface area contributed by atoms with Crippen LogP contribution in [0.1, 0.15) is 30.7 Å². The molecule has 1 aliphatic rings. The number of rotatable bonds is 5. The van der Waals surface area contributed by atoms with Crippen molar-refractivity contribution in [1.29, 1.82) is 0 Å². The number of carbonyl (C=O) groups excluding carboxylic acids is 1. The Morgan fingerprint density at radius 2 is 1.96 bits per heavy atom. The van der Waals surface area contributed by atoms with Gasteiger partial charge in [0.25, 0.3) is 11.6 Å². The lowest BCUT2D eigenvalue weighted by atomic mass is 10.00. The van der Waals surface area contributed by atoms with Crippen LogP contribution in [0.4, 0.5) is 5.69 Å². The van der Waals surface area contributed by atoms with E-state index in [-0.39, 0.29) is 16.5 Å². The predicted molar refractivity (Wildman–Crippen MR) is 111 cm³/mol. The van der Waals surface area contributed by atoms with Crippen molar-refractivity contribution in [3.63, 3.8) is 0 Å². The summed E-state index contributed by atoms with van der Waals surface area (Å²) in [4.78, 5) is 29.8. The average molecular weight is 399 g/mol. The van der Waals surface area contributed by atoms with E-state index in [0.29, 0.717) is 40.2 Å². The number of nitrogens with zero attached hydrogens (tertiary/aromatic N) is 3. The van der Waals surface area contributed by atoms with E-state index >= 15 is 0 Å². The van der Waals surface area contributed by atoms with Gasteiger partial charge in [0.05, 0.1) is 9.83 Å². The van der Waals surface area contributed by atoms with Gasteiger partial charge in [-0.05, 0) is 63.2 Å². The molecule has 0 N–H and O–H groups in total. The maximum atomic E-state index is 12.6. The van der Waals surface area contributed by atoms with Crippen LogP contribution in [0, 0.1) is 24.0 Å². The Hall–Kier alpha value is -2.87. The minimum absolute atomic E-state index is 0.0833. The Kier molecular flexibility index (Phi) is 5.69. The summed E-state index contributed by atoms with van der Waals surface area (Å²) in [5.41, 5.74) is 2.29. The first-order valence-corrected chi connectivity index (χ1v) is 9.79. The van der Waals surface area contributed by atoms with Gasteiger partial charge in [0.1, 0.15) is 11.5 Å². The normalized spacial score (nSPS) is 17.1. The van der Waals surface area contributed by atoms with Crippen molar-refractivity contribution in [2.75, 3.05) is 13.1 Å². The number of nitro groups is 1. The molecule has 0 saturated carbocycles. The third-order valence-corrected chi connectivity index (χ3v) is 5.66. The van der Waals surface area contributed by atoms with Crippen LogP contribution < -0.4 is 0 Å². The fourth-order valence-corrected chi connectivity index (χ4v) is 4.10. The van der Waals surface area contributed by atoms with Gasteiger partial charge in [0.15, 0.2) is 5.17 Å². The predicted octanol–water partition coefficient (Wildman–Crippen LogP) is 4.78. The number of hydrogen-bond donors (Lipinski definition) is 0. The van der Waals surface area contributed by atoms with Gasteiger partial charge in [-0.15, -0.1) is 0 Å². The number of furan rings is 1. The molecular weight excluding hydrogens is 378 g/mol. The van der Waals surface area contributed by atoms with Crippen molar-refractivity contribution in [1.82, 2.24) is 4.90 Å². The Balaban J connectivity index is 1.93. The quantitative estimate of drug-likeness (QED) is 0.410. The molecule has 1 saturated heterocycles. The first-order valence-electron chi connectivity index (χ1n) is 8.98. The van der Waals surface area contributed by atoms with Crippen molar-refractivity contribution in [3.05, 3.63) is 56.2 Å². The lowest BCUT2D eigenvalue weighted by Gasteiger charge is -2.11. The number of amides is 1. The number of nitro benzene ring substituents is 1. The lowest BCUT2D eigenvalue weighted by Crippen LogP contribution is -2.28. The van der Waals surface area contributed by atoms with Crippen molar-refractivity contribution in [3.8, 4) is 11.3 Å². The van der Waals surface area contributed by atoms with Gasteiger partial charge in [-0.2, -0.15) is 0 Å². The van der Waals surface area contributed by atoms with Crippen molar-refractivity contribution >= 4 is 34.6 Å². The number of thioether (sulfide) groups is 1. The molecule has 0 aliphatic carbocycles. The maximum absolute atomic E-state index is 12.6. The van der Waals surface area contributed by atoms with E-state index in [0.717, 1.165) is 11.1 Å². The number of amidine groups is 1. The fraction of sp³-hybridized carbons (Fsp3) is 0.300. The van der Waals surface area contributed by atoms with Crippen LogP contribution in [0.2, 0.25) is 0 Å². The van der Waals surface area contributed by atoms with E-state index < -0.39 is 0 Å². The van der Waals surface area contributed by atoms with E-state index in [1.54, 1.807) is 30.0 Å². The third kappa shape index (κ3) is 3.60. The topological polar surface area (TPSA) is 89.0 Å². The molecule has 0 bridgehead atoms. The highest BCUT2D eigenvalue weighted by molar-refractivity contribution is 8.18. The molecule has 1 aromatic carbocycles. The summed E-state index contributed by atoms with van der Waals surface area (Å²) >= 11 is 1.34. The number of carbonyl (C=O) groups is 1. The first kappa shape index (κ1) is 19.9. The summed E-state index contributed by atoms with van der Waals surface area (Å²) in [7, 11) is 0. The van der Waals surface area contributed by atoms with Gasteiger partial charge in [0.2, 0.25) is 0 Å². The number of benzene rings is 1. The highest BCUT2D eigenvalue weighted by atomic mass is 32.2. The molecule has 1 fully saturated rings. The van der Waals surface area contributed by atoms with E-state index in [1.165, 1.54) is 17.8 Å². The second-order valence-corrected chi connectivity index (χ2v) is 7.27. The summed E-state index contributed by atoms with van der Waals surface area (Å²) in [5.74, 6) is 1.07. The van der Waals surface area contributed by atoms with Crippen LogP contribution in [0.5, 0.6) is 0 Å². The molecule has 2 aromatic rings. The summed E-state index contributed by atoms with van der Waals surface area (Å²) in [6.07, 6.45) is 1.71. The van der Waals surface area contributed by atoms with Crippen LogP contribution >= 0.6 is 11.8 Å². The van der Waals surface area contributed by atoms with Crippen LogP contribution in [0.3, 0.4) is 0 Å². The zero-order valence-electron chi connectivity index (χ0n) is 16.2. The van der Waals surface area contributed by atoms with Crippen molar-refractivity contribution in [2.24, 2.45) is 4.99 Å². The Labute approximate surface area is 167 Å². The third-order valence-electron chi connectivity index (χ3n) is 4.62. The second-order valence-electron chi connectivity index (χ2n) is 6.26. The molecule has 1 amide bonds. The minimum atomic E-state index is -0.387. The Morgan fingerprint density at radius 3 is 2.61 bits per heavy atom. The lowest BCUT2D eigenvalue weighted by molar-refractivity contribution is -0.385. The first-order chi connectivity index (χ1) is 13.4. The Morgan fingerprint density at radius 1 is 1.21 bits per heavy atom. The number of aliphatic imine (C=N–C) groups is 1. The fourth-order valence-electron chi connectivity index (χ4n) is 3.02. The van der Waals surface area contributed by atoms with Gasteiger partial charge < -0.3 is 4.42 Å². The van der Waals surface area contributed by atoms with E-state index in [2.05, 4.69) is 4.99 Å². The Bertz CT molecular complexity index is 1010. The second kappa shape index (κ2) is 8.02. The van der Waals surface area contributed by atoms with E-state index in [9.17, 15) is 14.9 Å². The molecule has 0 spiro atoms. The molecule has 0 atom stereocenters. The van der Waals surface area contributed by atoms with Gasteiger partial charge >= 0.3 is 0 Å². The molecule has 8 heteroatoms. The molecule has 146 valence electrons. The molecule has 0 unspecified atom stereocenters.